The summed E-state index contributed by atoms with van der Waals surface area (Å²) in [5.74, 6) is -7.00. The predicted octanol–water partition coefficient (Wildman–Crippen LogP) is 4.38. The van der Waals surface area contributed by atoms with Gasteiger partial charge in [0, 0.05) is 65.6 Å². The zero-order valence-electron chi connectivity index (χ0n) is 24.3. The third-order valence-corrected chi connectivity index (χ3v) is 9.82. The first-order valence-corrected chi connectivity index (χ1v) is 14.8. The summed E-state index contributed by atoms with van der Waals surface area (Å²) in [6.07, 6.45) is -1.29. The number of halogens is 6. The smallest absolute Gasteiger partial charge is 0.330 e. The lowest BCUT2D eigenvalue weighted by molar-refractivity contribution is -0.173. The molecule has 4 aliphatic rings. The number of nitrogens with one attached hydrogen (secondary N) is 2. The lowest BCUT2D eigenvalue weighted by Crippen LogP contribution is -2.53. The van der Waals surface area contributed by atoms with Gasteiger partial charge in [0.25, 0.3) is 0 Å². The Bertz CT molecular complexity index is 1800. The molecular formula is C32H27F6N5O3. The predicted molar refractivity (Wildman–Crippen MR) is 150 cm³/mol. The van der Waals surface area contributed by atoms with E-state index in [0.29, 0.717) is 35.3 Å². The van der Waals surface area contributed by atoms with Crippen molar-refractivity contribution in [3.63, 3.8) is 0 Å². The number of carbonyl (C=O) groups excluding carboxylic acids is 3. The fourth-order valence-corrected chi connectivity index (χ4v) is 7.48. The second kappa shape index (κ2) is 10.6. The molecule has 1 aliphatic carbocycles. The highest BCUT2D eigenvalue weighted by atomic mass is 19.4. The van der Waals surface area contributed by atoms with E-state index in [9.17, 15) is 40.7 Å². The first-order chi connectivity index (χ1) is 21.8. The van der Waals surface area contributed by atoms with Gasteiger partial charge in [-0.25, -0.2) is 18.2 Å². The average molecular weight is 644 g/mol. The molecule has 2 fully saturated rings. The van der Waals surface area contributed by atoms with Crippen molar-refractivity contribution in [3.05, 3.63) is 88.1 Å². The molecule has 46 heavy (non-hydrogen) atoms. The van der Waals surface area contributed by atoms with E-state index in [1.54, 1.807) is 18.3 Å². The van der Waals surface area contributed by atoms with Gasteiger partial charge < -0.3 is 15.5 Å². The van der Waals surface area contributed by atoms with Crippen LogP contribution in [0.3, 0.4) is 0 Å². The molecule has 3 aromatic rings. The number of aromatic nitrogens is 2. The molecule has 14 heteroatoms. The molecule has 2 N–H and O–H groups in total. The first-order valence-electron chi connectivity index (χ1n) is 14.8. The maximum absolute atomic E-state index is 14.8. The van der Waals surface area contributed by atoms with Crippen molar-refractivity contribution in [2.75, 3.05) is 11.9 Å². The molecule has 0 saturated carbocycles. The summed E-state index contributed by atoms with van der Waals surface area (Å²) in [7, 11) is 0. The minimum atomic E-state index is -4.77. The maximum atomic E-state index is 14.8. The van der Waals surface area contributed by atoms with Gasteiger partial charge in [0.15, 0.2) is 17.4 Å². The summed E-state index contributed by atoms with van der Waals surface area (Å²) in [5, 5.41) is 5.81. The molecule has 7 rings (SSSR count). The summed E-state index contributed by atoms with van der Waals surface area (Å²) in [4.78, 5) is 49.1. The number of likely N-dealkylation sites (tertiary alicyclic amines) is 1. The Labute approximate surface area is 258 Å². The molecule has 2 aromatic heterocycles. The lowest BCUT2D eigenvalue weighted by Gasteiger charge is -2.43. The van der Waals surface area contributed by atoms with E-state index in [1.807, 2.05) is 6.07 Å². The normalized spacial score (nSPS) is 28.3. The van der Waals surface area contributed by atoms with Gasteiger partial charge in [-0.1, -0.05) is 6.07 Å². The van der Waals surface area contributed by atoms with Crippen molar-refractivity contribution < 1.29 is 40.7 Å². The first kappa shape index (κ1) is 30.3. The summed E-state index contributed by atoms with van der Waals surface area (Å²) in [6.45, 7) is -0.315. The van der Waals surface area contributed by atoms with Crippen LogP contribution < -0.4 is 10.6 Å². The van der Waals surface area contributed by atoms with Gasteiger partial charge in [-0.05, 0) is 55.5 Å². The number of Topliss-reactive ketones (excluding diaryl/α,β-unsaturated/α-hetero) is 1. The molecule has 6 unspecified atom stereocenters. The molecule has 1 spiro atoms. The molecule has 240 valence electrons. The molecule has 5 heterocycles. The van der Waals surface area contributed by atoms with Gasteiger partial charge in [0.1, 0.15) is 18.2 Å². The monoisotopic (exact) mass is 643 g/mol. The van der Waals surface area contributed by atoms with E-state index in [2.05, 4.69) is 20.6 Å². The third-order valence-electron chi connectivity index (χ3n) is 9.82. The Hall–Kier alpha value is -4.33. The van der Waals surface area contributed by atoms with Gasteiger partial charge >= 0.3 is 6.18 Å². The lowest BCUT2D eigenvalue weighted by atomic mass is 9.77. The van der Waals surface area contributed by atoms with Crippen LogP contribution in [-0.4, -0.2) is 63.3 Å². The quantitative estimate of drug-likeness (QED) is 0.179. The van der Waals surface area contributed by atoms with Crippen molar-refractivity contribution in [2.45, 2.75) is 68.2 Å². The Morgan fingerprint density at radius 2 is 1.89 bits per heavy atom. The van der Waals surface area contributed by atoms with Crippen LogP contribution in [0.25, 0.3) is 0 Å². The summed E-state index contributed by atoms with van der Waals surface area (Å²) in [5.41, 5.74) is 1.15. The highest BCUT2D eigenvalue weighted by molar-refractivity contribution is 6.06. The number of fused-ring (bicyclic) bond motifs is 3. The highest BCUT2D eigenvalue weighted by Gasteiger charge is 2.53. The number of nitrogens with zero attached hydrogens (tertiary/aromatic N) is 3. The fourth-order valence-electron chi connectivity index (χ4n) is 7.48. The molecule has 1 aromatic carbocycles. The number of benzene rings is 1. The number of rotatable bonds is 6. The van der Waals surface area contributed by atoms with Crippen molar-refractivity contribution in [1.29, 1.82) is 0 Å². The van der Waals surface area contributed by atoms with Gasteiger partial charge in [-0.2, -0.15) is 13.2 Å². The molecule has 3 aliphatic heterocycles. The van der Waals surface area contributed by atoms with Crippen molar-refractivity contribution in [3.8, 4) is 0 Å². The van der Waals surface area contributed by atoms with Crippen molar-refractivity contribution in [2.24, 2.45) is 5.92 Å². The molecule has 2 saturated heterocycles. The molecule has 2 amide bonds. The van der Waals surface area contributed by atoms with Gasteiger partial charge in [0.05, 0.1) is 11.5 Å². The fraction of sp³-hybridized carbons (Fsp3) is 0.406. The van der Waals surface area contributed by atoms with Crippen LogP contribution in [0.5, 0.6) is 0 Å². The number of pyridine rings is 2. The topological polar surface area (TPSA) is 114 Å². The second-order valence-electron chi connectivity index (χ2n) is 12.6. The number of anilines is 1. The van der Waals surface area contributed by atoms with Crippen LogP contribution in [0.15, 0.2) is 42.7 Å². The van der Waals surface area contributed by atoms with Crippen LogP contribution in [0.4, 0.5) is 32.2 Å². The molecule has 8 nitrogen and oxygen atoms in total. The number of alkyl halides is 3. The Morgan fingerprint density at radius 1 is 1.11 bits per heavy atom. The Kier molecular flexibility index (Phi) is 7.00. The van der Waals surface area contributed by atoms with Crippen LogP contribution in [0.1, 0.15) is 58.4 Å². The van der Waals surface area contributed by atoms with Crippen LogP contribution in [-0.2, 0) is 27.8 Å². The number of carbonyl (C=O) groups is 3. The van der Waals surface area contributed by atoms with Crippen molar-refractivity contribution >= 4 is 23.4 Å². The molecule has 0 radical (unpaired) electrons. The second-order valence-corrected chi connectivity index (χ2v) is 12.6. The zero-order valence-corrected chi connectivity index (χ0v) is 24.3. The molecule has 6 atom stereocenters. The summed E-state index contributed by atoms with van der Waals surface area (Å²) < 4.78 is 83.4. The average Bonchev–Trinajstić information content (AvgIpc) is 3.57. The number of hydrogen-bond donors (Lipinski definition) is 2. The van der Waals surface area contributed by atoms with Gasteiger partial charge in [-0.3, -0.25) is 19.4 Å². The van der Waals surface area contributed by atoms with E-state index in [1.165, 1.54) is 13.1 Å². The van der Waals surface area contributed by atoms with Gasteiger partial charge in [0.2, 0.25) is 11.8 Å². The number of hydrogen-bond acceptors (Lipinski definition) is 6. The Morgan fingerprint density at radius 3 is 2.65 bits per heavy atom. The highest BCUT2D eigenvalue weighted by Crippen LogP contribution is 2.46. The maximum Gasteiger partial charge on any atom is 0.406 e. The van der Waals surface area contributed by atoms with E-state index in [-0.39, 0.29) is 30.1 Å². The minimum Gasteiger partial charge on any atom is -0.330 e. The largest absolute Gasteiger partial charge is 0.406 e. The zero-order chi connectivity index (χ0) is 32.7. The van der Waals surface area contributed by atoms with E-state index < -0.39 is 77.0 Å². The van der Waals surface area contributed by atoms with Crippen LogP contribution in [0, 0.1) is 23.4 Å². The van der Waals surface area contributed by atoms with E-state index in [0.717, 1.165) is 17.2 Å². The Balaban J connectivity index is 1.09. The molecule has 0 bridgehead atoms. The number of ketones is 1. The SMILES string of the molecule is CC1C(c2cc(F)cc(F)c2F)CC(CC2NC2C(=O)c2cnc3c(c2)CC2(C3)C(=O)Nc3ncccc32)C(=O)N1CC(F)(F)F. The van der Waals surface area contributed by atoms with Crippen LogP contribution in [0.2, 0.25) is 0 Å². The number of amides is 2. The van der Waals surface area contributed by atoms with E-state index in [4.69, 9.17) is 0 Å². The van der Waals surface area contributed by atoms with E-state index >= 15 is 0 Å². The standard InChI is InChI=1S/C32H27F6N5O3/c1-14-19(20-8-18(33)9-22(34)25(20)35)6-15(29(45)43(14)13-32(36,37)38)7-23-26(41-23)27(44)17-5-16-10-31(11-24(16)40-12-17)21-3-2-4-39-28(21)42-30(31)46/h2-5,8-9,12,14-15,19,23,26,41H,6-7,10-11,13H2,1H3,(H,39,42,46). The minimum absolute atomic E-state index is 0.0440. The summed E-state index contributed by atoms with van der Waals surface area (Å²) >= 11 is 0. The number of piperidine rings is 1. The molecular weight excluding hydrogens is 616 g/mol. The third kappa shape index (κ3) is 5.02. The van der Waals surface area contributed by atoms with Crippen LogP contribution >= 0.6 is 0 Å². The van der Waals surface area contributed by atoms with Crippen molar-refractivity contribution in [1.82, 2.24) is 20.2 Å². The van der Waals surface area contributed by atoms with Gasteiger partial charge in [-0.15, -0.1) is 0 Å². The summed E-state index contributed by atoms with van der Waals surface area (Å²) in [6, 6.07) is 3.85.